The molecule has 0 aliphatic rings. The molecule has 0 saturated carbocycles. The number of hydrogen-bond acceptors (Lipinski definition) is 4. The molecule has 0 bridgehead atoms. The van der Waals surface area contributed by atoms with Gasteiger partial charge in [0.15, 0.2) is 11.5 Å². The maximum atomic E-state index is 10.8. The Morgan fingerprint density at radius 1 is 1.12 bits per heavy atom. The van der Waals surface area contributed by atoms with Crippen molar-refractivity contribution >= 4 is 0 Å². The van der Waals surface area contributed by atoms with E-state index in [1.165, 1.54) is 13.8 Å². The first-order valence-corrected chi connectivity index (χ1v) is 7.61. The highest BCUT2D eigenvalue weighted by atomic mass is 16.5. The number of methoxy groups -OCH3 is 2. The normalized spacial score (nSPS) is 24.2. The van der Waals surface area contributed by atoms with Gasteiger partial charge in [0, 0.05) is 5.48 Å². The first-order chi connectivity index (χ1) is 18.8. The quantitative estimate of drug-likeness (QED) is 0.666. The topological polar surface area (TPSA) is 47.9 Å². The lowest BCUT2D eigenvalue weighted by Crippen LogP contribution is -2.17. The molecule has 1 atom stereocenters. The second kappa shape index (κ2) is 10.1. The van der Waals surface area contributed by atoms with E-state index in [0.29, 0.717) is 0 Å². The van der Waals surface area contributed by atoms with Gasteiger partial charge in [0.2, 0.25) is 0 Å². The summed E-state index contributed by atoms with van der Waals surface area (Å²) in [6, 6.07) is -4.35. The molecule has 0 aliphatic carbocycles. The fraction of sp³-hybridized carbons (Fsp3) is 0.455. The summed E-state index contributed by atoms with van der Waals surface area (Å²) in [5, 5.41) is 10.8. The lowest BCUT2D eigenvalue weighted by atomic mass is 10.0. The Bertz CT molecular complexity index is 1320. The maximum absolute atomic E-state index is 10.8. The van der Waals surface area contributed by atoms with Crippen molar-refractivity contribution in [1.82, 2.24) is 0 Å². The van der Waals surface area contributed by atoms with Crippen LogP contribution in [-0.2, 0) is 6.37 Å². The highest BCUT2D eigenvalue weighted by Gasteiger charge is 2.07. The fourth-order valence-electron chi connectivity index (χ4n) is 1.78. The number of aliphatic hydroxyl groups is 1. The Kier molecular flexibility index (Phi) is 2.88. The summed E-state index contributed by atoms with van der Waals surface area (Å²) < 4.78 is 143. The molecule has 1 N–H and O–H groups in total. The van der Waals surface area contributed by atoms with Crippen LogP contribution in [0.1, 0.15) is 57.8 Å². The minimum absolute atomic E-state index is 0.152. The van der Waals surface area contributed by atoms with Gasteiger partial charge in [-0.3, -0.25) is 0 Å². The van der Waals surface area contributed by atoms with Crippen LogP contribution in [-0.4, -0.2) is 31.9 Å². The van der Waals surface area contributed by atoms with Crippen molar-refractivity contribution in [2.24, 2.45) is 0 Å². The summed E-state index contributed by atoms with van der Waals surface area (Å²) in [7, 11) is -2.13. The zero-order valence-corrected chi connectivity index (χ0v) is 14.6. The van der Waals surface area contributed by atoms with Crippen molar-refractivity contribution in [3.05, 3.63) is 52.9 Å². The van der Waals surface area contributed by atoms with Crippen LogP contribution in [0, 0.1) is 13.8 Å². The molecule has 26 heavy (non-hydrogen) atoms. The van der Waals surface area contributed by atoms with Gasteiger partial charge in [0.05, 0.1) is 36.7 Å². The van der Waals surface area contributed by atoms with Crippen LogP contribution >= 0.6 is 0 Å². The van der Waals surface area contributed by atoms with Crippen LogP contribution in [0.5, 0.6) is 17.2 Å². The molecule has 0 aliphatic heterocycles. The van der Waals surface area contributed by atoms with E-state index in [1.54, 1.807) is 0 Å². The lowest BCUT2D eigenvalue weighted by molar-refractivity contribution is 0.0976. The van der Waals surface area contributed by atoms with Crippen molar-refractivity contribution in [3.8, 4) is 17.2 Å². The third-order valence-corrected chi connectivity index (χ3v) is 3.25. The molecular weight excluding hydrogens is 328 g/mol. The van der Waals surface area contributed by atoms with E-state index in [2.05, 4.69) is 0 Å². The van der Waals surface area contributed by atoms with Crippen molar-refractivity contribution in [1.29, 1.82) is 0 Å². The average Bonchev–Trinajstić information content (AvgIpc) is 2.85. The van der Waals surface area contributed by atoms with Gasteiger partial charge < -0.3 is 19.3 Å². The molecule has 142 valence electrons. The smallest absolute Gasteiger partial charge is 0.160 e. The molecule has 0 radical (unpaired) electrons. The maximum Gasteiger partial charge on any atom is 0.160 e. The van der Waals surface area contributed by atoms with Crippen molar-refractivity contribution in [2.45, 2.75) is 45.5 Å². The molecule has 0 saturated heterocycles. The van der Waals surface area contributed by atoms with E-state index >= 15 is 0 Å². The molecule has 0 amide bonds. The molecule has 2 aromatic rings. The highest BCUT2D eigenvalue weighted by Crippen LogP contribution is 2.28. The molecule has 2 rings (SSSR count). The van der Waals surface area contributed by atoms with Crippen LogP contribution in [0.2, 0.25) is 0 Å². The molecule has 0 aromatic heterocycles. The molecule has 4 nitrogen and oxygen atoms in total. The Balaban J connectivity index is 2.50. The second-order valence-electron chi connectivity index (χ2n) is 5.07. The van der Waals surface area contributed by atoms with E-state index in [-0.39, 0.29) is 11.1 Å². The van der Waals surface area contributed by atoms with Crippen LogP contribution in [0.3, 0.4) is 0 Å². The molecular formula is C22H30O4. The Morgan fingerprint density at radius 2 is 1.96 bits per heavy atom. The summed E-state index contributed by atoms with van der Waals surface area (Å²) in [5.74, 6) is -2.29. The van der Waals surface area contributed by atoms with Crippen LogP contribution < -0.4 is 14.2 Å². The van der Waals surface area contributed by atoms with Gasteiger partial charge in [-0.05, 0) is 73.9 Å². The summed E-state index contributed by atoms with van der Waals surface area (Å²) in [4.78, 5) is 0. The minimum Gasteiger partial charge on any atom is -0.493 e. The lowest BCUT2D eigenvalue weighted by Gasteiger charge is -2.13. The summed E-state index contributed by atoms with van der Waals surface area (Å²) in [6.45, 7) is -0.795. The number of hydrogen-bond donors (Lipinski definition) is 1. The van der Waals surface area contributed by atoms with Crippen LogP contribution in [0.25, 0.3) is 0 Å². The van der Waals surface area contributed by atoms with E-state index in [1.807, 2.05) is 0 Å². The van der Waals surface area contributed by atoms with Crippen LogP contribution in [0.4, 0.5) is 0 Å². The van der Waals surface area contributed by atoms with Crippen LogP contribution in [0.15, 0.2) is 36.3 Å². The van der Waals surface area contributed by atoms with Gasteiger partial charge in [-0.1, -0.05) is 18.5 Å². The Morgan fingerprint density at radius 3 is 2.73 bits per heavy atom. The molecule has 4 heteroatoms. The SMILES string of the molecule is [2H]c1c([2H])c(OC([2H])([2H])C([2H])(O)C([2H])([2H])CCC([2H])([2H])c2c([2H])c([2H])c(OC)c(OC([2H])([2H])[2H])c2[2H])c([2H])c(C)c1C. The number of rotatable bonds is 10. The van der Waals surface area contributed by atoms with Gasteiger partial charge in [-0.25, -0.2) is 0 Å². The van der Waals surface area contributed by atoms with E-state index in [0.717, 1.165) is 7.11 Å². The first kappa shape index (κ1) is 7.43. The van der Waals surface area contributed by atoms with E-state index in [9.17, 15) is 5.11 Å². The number of ether oxygens (including phenoxy) is 3. The molecule has 2 aromatic carbocycles. The fourth-order valence-corrected chi connectivity index (χ4v) is 1.78. The molecule has 0 spiro atoms. The highest BCUT2D eigenvalue weighted by molar-refractivity contribution is 5.42. The zero-order chi connectivity index (χ0) is 33.0. The first-order valence-electron chi connectivity index (χ1n) is 15.6. The van der Waals surface area contributed by atoms with Crippen molar-refractivity contribution in [3.63, 3.8) is 0 Å². The van der Waals surface area contributed by atoms with Gasteiger partial charge in [-0.2, -0.15) is 0 Å². The van der Waals surface area contributed by atoms with Gasteiger partial charge in [-0.15, -0.1) is 0 Å². The summed E-state index contributed by atoms with van der Waals surface area (Å²) in [5.41, 5.74) is -0.480. The van der Waals surface area contributed by atoms with Crippen molar-refractivity contribution < 1.29 is 41.2 Å². The third-order valence-electron chi connectivity index (χ3n) is 3.25. The summed E-state index contributed by atoms with van der Waals surface area (Å²) in [6.07, 6.45) is -12.1. The largest absolute Gasteiger partial charge is 0.493 e. The second-order valence-corrected chi connectivity index (χ2v) is 5.07. The predicted octanol–water partition coefficient (Wildman–Crippen LogP) is 4.47. The Hall–Kier alpha value is -2.20. The third kappa shape index (κ3) is 5.95. The van der Waals surface area contributed by atoms with Gasteiger partial charge in [0.25, 0.3) is 0 Å². The monoisotopic (exact) mass is 374 g/mol. The molecule has 1 unspecified atom stereocenters. The molecule has 0 heterocycles. The van der Waals surface area contributed by atoms with E-state index in [4.69, 9.17) is 36.1 Å². The van der Waals surface area contributed by atoms with Gasteiger partial charge >= 0.3 is 0 Å². The minimum atomic E-state index is -3.81. The van der Waals surface area contributed by atoms with Crippen molar-refractivity contribution in [2.75, 3.05) is 20.7 Å². The predicted molar refractivity (Wildman–Crippen MR) is 105 cm³/mol. The summed E-state index contributed by atoms with van der Waals surface area (Å²) >= 11 is 0. The molecule has 0 fully saturated rings. The number of benzene rings is 2. The van der Waals surface area contributed by atoms with E-state index < -0.39 is 104 Å². The zero-order valence-electron chi connectivity index (χ0n) is 30.6. The standard InChI is InChI=1S/C22H30O4/c1-16-9-11-20(13-17(16)2)26-15-19(23)8-6-5-7-18-10-12-21(24-3)22(14-18)25-4/h9-14,19,23H,5-8,15H2,1-4H3/i4D3,7D2,8D2,9D,10D,11D,12D,13D,14D,15D2,19D. The van der Waals surface area contributed by atoms with Gasteiger partial charge in [0.1, 0.15) is 12.3 Å². The Labute approximate surface area is 179 Å². The average molecular weight is 375 g/mol.